The number of para-hydroxylation sites is 1. The standard InChI is InChI=1S/C10H8N4S/c1-6-3-2-4-7-9(6)13-10(12-7)8-5-11-14-15-8/h2-5H,1H3,(H,12,13). The SMILES string of the molecule is Cc1cccc2[nH]c(-c3cnns3)nc12. The van der Waals surface area contributed by atoms with Gasteiger partial charge in [0.15, 0.2) is 5.82 Å². The number of rotatable bonds is 1. The zero-order chi connectivity index (χ0) is 10.3. The van der Waals surface area contributed by atoms with Crippen LogP contribution in [0.4, 0.5) is 0 Å². The van der Waals surface area contributed by atoms with Crippen LogP contribution in [0, 0.1) is 6.92 Å². The highest BCUT2D eigenvalue weighted by Crippen LogP contribution is 2.23. The first kappa shape index (κ1) is 8.55. The van der Waals surface area contributed by atoms with Crippen molar-refractivity contribution in [3.05, 3.63) is 30.0 Å². The maximum absolute atomic E-state index is 4.53. The molecule has 0 saturated carbocycles. The monoisotopic (exact) mass is 216 g/mol. The highest BCUT2D eigenvalue weighted by Gasteiger charge is 2.08. The normalized spacial score (nSPS) is 11.0. The van der Waals surface area contributed by atoms with Gasteiger partial charge in [0.25, 0.3) is 0 Å². The first-order chi connectivity index (χ1) is 7.34. The fourth-order valence-electron chi connectivity index (χ4n) is 1.56. The third-order valence-corrected chi connectivity index (χ3v) is 2.98. The second kappa shape index (κ2) is 3.13. The van der Waals surface area contributed by atoms with E-state index >= 15 is 0 Å². The van der Waals surface area contributed by atoms with Gasteiger partial charge in [-0.3, -0.25) is 0 Å². The van der Waals surface area contributed by atoms with Crippen LogP contribution in [0.15, 0.2) is 24.4 Å². The van der Waals surface area contributed by atoms with E-state index in [9.17, 15) is 0 Å². The summed E-state index contributed by atoms with van der Waals surface area (Å²) in [5.41, 5.74) is 3.24. The molecule has 0 amide bonds. The Morgan fingerprint density at radius 2 is 2.27 bits per heavy atom. The molecule has 1 N–H and O–H groups in total. The minimum Gasteiger partial charge on any atom is -0.337 e. The van der Waals surface area contributed by atoms with Crippen molar-refractivity contribution in [1.82, 2.24) is 19.6 Å². The Balaban J connectivity index is 2.27. The summed E-state index contributed by atoms with van der Waals surface area (Å²) < 4.78 is 3.82. The number of aromatic amines is 1. The highest BCUT2D eigenvalue weighted by atomic mass is 32.1. The van der Waals surface area contributed by atoms with Crippen molar-refractivity contribution < 1.29 is 0 Å². The highest BCUT2D eigenvalue weighted by molar-refractivity contribution is 7.09. The second-order valence-corrected chi connectivity index (χ2v) is 4.12. The first-order valence-electron chi connectivity index (χ1n) is 4.57. The average molecular weight is 216 g/mol. The zero-order valence-electron chi connectivity index (χ0n) is 8.06. The largest absolute Gasteiger partial charge is 0.337 e. The molecule has 3 rings (SSSR count). The molecule has 2 aromatic heterocycles. The van der Waals surface area contributed by atoms with Gasteiger partial charge in [-0.15, -0.1) is 5.10 Å². The summed E-state index contributed by atoms with van der Waals surface area (Å²) in [5, 5.41) is 3.80. The number of imidazole rings is 1. The lowest BCUT2D eigenvalue weighted by atomic mass is 10.2. The topological polar surface area (TPSA) is 54.5 Å². The fourth-order valence-corrected chi connectivity index (χ4v) is 2.02. The Kier molecular flexibility index (Phi) is 1.78. The van der Waals surface area contributed by atoms with Gasteiger partial charge in [0, 0.05) is 0 Å². The molecule has 0 unspecified atom stereocenters. The van der Waals surface area contributed by atoms with Gasteiger partial charge in [0.1, 0.15) is 4.88 Å². The van der Waals surface area contributed by atoms with Gasteiger partial charge < -0.3 is 4.98 Å². The number of nitrogens with zero attached hydrogens (tertiary/aromatic N) is 3. The van der Waals surface area contributed by atoms with Gasteiger partial charge in [0.2, 0.25) is 0 Å². The second-order valence-electron chi connectivity index (χ2n) is 3.34. The molecule has 2 heterocycles. The summed E-state index contributed by atoms with van der Waals surface area (Å²) in [6, 6.07) is 6.09. The number of nitrogens with one attached hydrogen (secondary N) is 1. The number of aryl methyl sites for hydroxylation is 1. The van der Waals surface area contributed by atoms with Gasteiger partial charge >= 0.3 is 0 Å². The van der Waals surface area contributed by atoms with E-state index in [-0.39, 0.29) is 0 Å². The van der Waals surface area contributed by atoms with Crippen LogP contribution in [-0.4, -0.2) is 19.6 Å². The van der Waals surface area contributed by atoms with Gasteiger partial charge in [-0.2, -0.15) is 0 Å². The third kappa shape index (κ3) is 1.32. The van der Waals surface area contributed by atoms with Crippen LogP contribution in [0.5, 0.6) is 0 Å². The lowest BCUT2D eigenvalue weighted by Gasteiger charge is -1.90. The van der Waals surface area contributed by atoms with Crippen LogP contribution in [0.2, 0.25) is 0 Å². The minimum absolute atomic E-state index is 0.842. The molecule has 0 aliphatic carbocycles. The van der Waals surface area contributed by atoms with E-state index < -0.39 is 0 Å². The van der Waals surface area contributed by atoms with Crippen molar-refractivity contribution in [3.8, 4) is 10.7 Å². The van der Waals surface area contributed by atoms with Crippen molar-refractivity contribution in [2.24, 2.45) is 0 Å². The predicted octanol–water partition coefficient (Wildman–Crippen LogP) is 2.39. The van der Waals surface area contributed by atoms with Crippen LogP contribution >= 0.6 is 11.5 Å². The van der Waals surface area contributed by atoms with Crippen molar-refractivity contribution in [2.75, 3.05) is 0 Å². The Morgan fingerprint density at radius 3 is 3.00 bits per heavy atom. The van der Waals surface area contributed by atoms with E-state index in [2.05, 4.69) is 32.5 Å². The first-order valence-corrected chi connectivity index (χ1v) is 5.35. The minimum atomic E-state index is 0.842. The quantitative estimate of drug-likeness (QED) is 0.679. The van der Waals surface area contributed by atoms with E-state index in [1.54, 1.807) is 6.20 Å². The Morgan fingerprint density at radius 1 is 1.33 bits per heavy atom. The number of H-pyrrole nitrogens is 1. The summed E-state index contributed by atoms with van der Waals surface area (Å²) >= 11 is 1.34. The fraction of sp³-hybridized carbons (Fsp3) is 0.100. The smallest absolute Gasteiger partial charge is 0.151 e. The van der Waals surface area contributed by atoms with Crippen LogP contribution < -0.4 is 0 Å². The molecule has 74 valence electrons. The molecule has 0 radical (unpaired) electrons. The lowest BCUT2D eigenvalue weighted by Crippen LogP contribution is -1.75. The molecule has 3 aromatic rings. The molecule has 0 atom stereocenters. The van der Waals surface area contributed by atoms with Gasteiger partial charge in [-0.25, -0.2) is 4.98 Å². The number of fused-ring (bicyclic) bond motifs is 1. The zero-order valence-corrected chi connectivity index (χ0v) is 8.88. The lowest BCUT2D eigenvalue weighted by molar-refractivity contribution is 1.15. The van der Waals surface area contributed by atoms with E-state index in [1.807, 2.05) is 12.1 Å². The summed E-state index contributed by atoms with van der Waals surface area (Å²) in [7, 11) is 0. The molecule has 4 nitrogen and oxygen atoms in total. The molecular formula is C10H8N4S. The molecule has 5 heteroatoms. The van der Waals surface area contributed by atoms with E-state index in [0.29, 0.717) is 0 Å². The molecule has 1 aromatic carbocycles. The van der Waals surface area contributed by atoms with E-state index in [0.717, 1.165) is 21.7 Å². The van der Waals surface area contributed by atoms with Crippen LogP contribution in [0.1, 0.15) is 5.56 Å². The number of hydrogen-bond acceptors (Lipinski definition) is 4. The van der Waals surface area contributed by atoms with Crippen molar-refractivity contribution in [2.45, 2.75) is 6.92 Å². The van der Waals surface area contributed by atoms with E-state index in [4.69, 9.17) is 0 Å². The summed E-state index contributed by atoms with van der Waals surface area (Å²) in [6.45, 7) is 2.05. The number of hydrogen-bond donors (Lipinski definition) is 1. The molecular weight excluding hydrogens is 208 g/mol. The van der Waals surface area contributed by atoms with Crippen LogP contribution in [0.3, 0.4) is 0 Å². The van der Waals surface area contributed by atoms with Crippen molar-refractivity contribution >= 4 is 22.6 Å². The molecule has 0 aliphatic rings. The third-order valence-electron chi connectivity index (χ3n) is 2.31. The van der Waals surface area contributed by atoms with Crippen LogP contribution in [0.25, 0.3) is 21.7 Å². The maximum Gasteiger partial charge on any atom is 0.151 e. The Labute approximate surface area is 90.2 Å². The Bertz CT molecular complexity index is 597. The molecule has 0 aliphatic heterocycles. The number of benzene rings is 1. The summed E-state index contributed by atoms with van der Waals surface area (Å²) in [5.74, 6) is 0.842. The number of aromatic nitrogens is 4. The van der Waals surface area contributed by atoms with E-state index in [1.165, 1.54) is 17.1 Å². The maximum atomic E-state index is 4.53. The molecule has 15 heavy (non-hydrogen) atoms. The van der Waals surface area contributed by atoms with Crippen molar-refractivity contribution in [1.29, 1.82) is 0 Å². The average Bonchev–Trinajstić information content (AvgIpc) is 2.86. The molecule has 0 spiro atoms. The molecule has 0 saturated heterocycles. The van der Waals surface area contributed by atoms with Crippen LogP contribution in [-0.2, 0) is 0 Å². The van der Waals surface area contributed by atoms with Gasteiger partial charge in [0.05, 0.1) is 17.2 Å². The summed E-state index contributed by atoms with van der Waals surface area (Å²) in [4.78, 5) is 8.75. The molecule has 0 fully saturated rings. The van der Waals surface area contributed by atoms with Crippen molar-refractivity contribution in [3.63, 3.8) is 0 Å². The summed E-state index contributed by atoms with van der Waals surface area (Å²) in [6.07, 6.45) is 1.72. The molecule has 0 bridgehead atoms. The van der Waals surface area contributed by atoms with Gasteiger partial charge in [-0.05, 0) is 30.1 Å². The Hall–Kier alpha value is -1.75. The predicted molar refractivity (Wildman–Crippen MR) is 59.7 cm³/mol. The van der Waals surface area contributed by atoms with Gasteiger partial charge in [-0.1, -0.05) is 16.6 Å².